The molecular formula is C17H22O2Se. The second-order valence-corrected chi connectivity index (χ2v) is 8.59. The second kappa shape index (κ2) is 4.35. The normalized spacial score (nSPS) is 39.2. The van der Waals surface area contributed by atoms with Crippen molar-refractivity contribution in [3.8, 4) is 0 Å². The van der Waals surface area contributed by atoms with Crippen LogP contribution in [-0.4, -0.2) is 27.6 Å². The molecule has 0 bridgehead atoms. The summed E-state index contributed by atoms with van der Waals surface area (Å²) in [6, 6.07) is 10.1. The molecule has 0 aromatic heterocycles. The Morgan fingerprint density at radius 3 is 2.45 bits per heavy atom. The van der Waals surface area contributed by atoms with Crippen molar-refractivity contribution in [3.05, 3.63) is 35.9 Å². The molecule has 1 aromatic rings. The molecule has 1 heterocycles. The van der Waals surface area contributed by atoms with Gasteiger partial charge in [0.25, 0.3) is 0 Å². The van der Waals surface area contributed by atoms with Gasteiger partial charge in [0.15, 0.2) is 0 Å². The van der Waals surface area contributed by atoms with E-state index in [4.69, 9.17) is 4.74 Å². The molecule has 3 heteroatoms. The van der Waals surface area contributed by atoms with Gasteiger partial charge in [-0.2, -0.15) is 0 Å². The monoisotopic (exact) mass is 338 g/mol. The summed E-state index contributed by atoms with van der Waals surface area (Å²) in [6.45, 7) is 6.68. The van der Waals surface area contributed by atoms with Crippen LogP contribution in [0.3, 0.4) is 0 Å². The fourth-order valence-electron chi connectivity index (χ4n) is 4.51. The van der Waals surface area contributed by atoms with Crippen LogP contribution in [0.25, 0.3) is 0 Å². The van der Waals surface area contributed by atoms with Gasteiger partial charge in [0.1, 0.15) is 0 Å². The summed E-state index contributed by atoms with van der Waals surface area (Å²) in [7, 11) is 0. The molecule has 3 atom stereocenters. The molecule has 2 aliphatic rings. The molecule has 0 radical (unpaired) electrons. The quantitative estimate of drug-likeness (QED) is 0.582. The average Bonchev–Trinajstić information content (AvgIpc) is 2.59. The number of rotatable bonds is 1. The van der Waals surface area contributed by atoms with Crippen molar-refractivity contribution in [2.45, 2.75) is 49.9 Å². The Hall–Kier alpha value is -0.791. The predicted octanol–water partition coefficient (Wildman–Crippen LogP) is 2.92. The van der Waals surface area contributed by atoms with Crippen LogP contribution in [-0.2, 0) is 13.8 Å². The maximum atomic E-state index is 12.7. The molecule has 1 saturated heterocycles. The molecule has 1 aromatic carbocycles. The molecule has 0 N–H and O–H groups in total. The zero-order chi connectivity index (χ0) is 14.6. The van der Waals surface area contributed by atoms with Gasteiger partial charge in [0.05, 0.1) is 0 Å². The Morgan fingerprint density at radius 1 is 1.15 bits per heavy atom. The number of hydrogen-bond donors (Lipinski definition) is 0. The summed E-state index contributed by atoms with van der Waals surface area (Å²) in [5, 5.41) is 0. The van der Waals surface area contributed by atoms with Crippen molar-refractivity contribution < 1.29 is 9.53 Å². The fraction of sp³-hybridized carbons (Fsp3) is 0.588. The molecule has 1 aliphatic carbocycles. The molecular weight excluding hydrogens is 315 g/mol. The first-order chi connectivity index (χ1) is 9.31. The zero-order valence-electron chi connectivity index (χ0n) is 12.3. The van der Waals surface area contributed by atoms with Gasteiger partial charge in [0.2, 0.25) is 0 Å². The standard InChI is InChI=1S/C17H22O2Se/c1-15(2)10-7-11-16(3)13(15)17(20,14(18)19-16)12-8-5-4-6-9-12/h4-6,8-9,13,20H,7,10-11H2,1-3H3/t13-,16+,17?/m1/s1. The Labute approximate surface area is 129 Å². The van der Waals surface area contributed by atoms with Crippen LogP contribution in [0.15, 0.2) is 30.3 Å². The molecule has 2 nitrogen and oxygen atoms in total. The topological polar surface area (TPSA) is 26.3 Å². The Kier molecular flexibility index (Phi) is 3.08. The predicted molar refractivity (Wildman–Crippen MR) is 80.9 cm³/mol. The second-order valence-electron chi connectivity index (χ2n) is 7.11. The van der Waals surface area contributed by atoms with Gasteiger partial charge in [-0.15, -0.1) is 0 Å². The summed E-state index contributed by atoms with van der Waals surface area (Å²) in [5.41, 5.74) is 0.831. The summed E-state index contributed by atoms with van der Waals surface area (Å²) < 4.78 is 5.31. The first-order valence-electron chi connectivity index (χ1n) is 7.32. The van der Waals surface area contributed by atoms with E-state index in [0.29, 0.717) is 0 Å². The van der Waals surface area contributed by atoms with Crippen molar-refractivity contribution in [1.82, 2.24) is 0 Å². The molecule has 3 rings (SSSR count). The minimum absolute atomic E-state index is 0.0776. The molecule has 108 valence electrons. The van der Waals surface area contributed by atoms with Gasteiger partial charge in [-0.3, -0.25) is 0 Å². The molecule has 0 amide bonds. The van der Waals surface area contributed by atoms with Crippen molar-refractivity contribution >= 4 is 22.0 Å². The number of carbonyl (C=O) groups is 1. The van der Waals surface area contributed by atoms with E-state index >= 15 is 0 Å². The minimum atomic E-state index is -0.590. The van der Waals surface area contributed by atoms with E-state index in [1.54, 1.807) is 0 Å². The van der Waals surface area contributed by atoms with Crippen molar-refractivity contribution in [2.24, 2.45) is 11.3 Å². The van der Waals surface area contributed by atoms with Gasteiger partial charge >= 0.3 is 129 Å². The number of benzene rings is 1. The molecule has 0 spiro atoms. The van der Waals surface area contributed by atoms with Crippen LogP contribution < -0.4 is 0 Å². The van der Waals surface area contributed by atoms with E-state index in [-0.39, 0.29) is 22.9 Å². The van der Waals surface area contributed by atoms with Crippen LogP contribution >= 0.6 is 0 Å². The SMILES string of the molecule is CC1(C)CCC[C@]2(C)OC(=O)C([SeH])(c3ccccc3)[C@H]12. The third kappa shape index (κ3) is 1.79. The summed E-state index contributed by atoms with van der Waals surface area (Å²) >= 11 is 2.65. The number of ether oxygens (including phenoxy) is 1. The third-order valence-corrected chi connectivity index (χ3v) is 6.62. The summed E-state index contributed by atoms with van der Waals surface area (Å²) in [5.74, 6) is 0.123. The first-order valence-corrected chi connectivity index (χ1v) is 8.26. The first kappa shape index (κ1) is 14.2. The summed E-state index contributed by atoms with van der Waals surface area (Å²) in [6.07, 6.45) is 3.25. The van der Waals surface area contributed by atoms with E-state index in [1.807, 2.05) is 18.2 Å². The van der Waals surface area contributed by atoms with E-state index in [2.05, 4.69) is 48.9 Å². The van der Waals surface area contributed by atoms with Crippen molar-refractivity contribution in [1.29, 1.82) is 0 Å². The zero-order valence-corrected chi connectivity index (χ0v) is 14.2. The van der Waals surface area contributed by atoms with E-state index in [0.717, 1.165) is 24.8 Å². The molecule has 1 saturated carbocycles. The number of fused-ring (bicyclic) bond motifs is 1. The van der Waals surface area contributed by atoms with Crippen LogP contribution in [0.1, 0.15) is 45.6 Å². The number of carbonyl (C=O) groups excluding carboxylic acids is 1. The van der Waals surface area contributed by atoms with Crippen LogP contribution in [0.2, 0.25) is 0 Å². The van der Waals surface area contributed by atoms with Gasteiger partial charge in [0, 0.05) is 0 Å². The van der Waals surface area contributed by atoms with E-state index < -0.39 is 4.31 Å². The molecule has 20 heavy (non-hydrogen) atoms. The van der Waals surface area contributed by atoms with Gasteiger partial charge < -0.3 is 0 Å². The van der Waals surface area contributed by atoms with Gasteiger partial charge in [-0.25, -0.2) is 0 Å². The summed E-state index contributed by atoms with van der Waals surface area (Å²) in [4.78, 5) is 12.7. The average molecular weight is 337 g/mol. The number of esters is 1. The Balaban J connectivity index is 2.17. The van der Waals surface area contributed by atoms with Crippen molar-refractivity contribution in [2.75, 3.05) is 0 Å². The van der Waals surface area contributed by atoms with Gasteiger partial charge in [-0.05, 0) is 0 Å². The number of hydrogen-bond acceptors (Lipinski definition) is 2. The fourth-order valence-corrected chi connectivity index (χ4v) is 6.23. The van der Waals surface area contributed by atoms with E-state index in [9.17, 15) is 4.79 Å². The van der Waals surface area contributed by atoms with Crippen LogP contribution in [0.5, 0.6) is 0 Å². The maximum absolute atomic E-state index is 12.7. The Morgan fingerprint density at radius 2 is 1.80 bits per heavy atom. The third-order valence-electron chi connectivity index (χ3n) is 5.16. The van der Waals surface area contributed by atoms with Crippen LogP contribution in [0.4, 0.5) is 0 Å². The van der Waals surface area contributed by atoms with Crippen molar-refractivity contribution in [3.63, 3.8) is 0 Å². The molecule has 1 unspecified atom stereocenters. The van der Waals surface area contributed by atoms with E-state index in [1.165, 1.54) is 0 Å². The molecule has 2 fully saturated rings. The van der Waals surface area contributed by atoms with Gasteiger partial charge in [-0.1, -0.05) is 0 Å². The molecule has 1 aliphatic heterocycles. The van der Waals surface area contributed by atoms with Crippen LogP contribution in [0, 0.1) is 11.3 Å². The Bertz CT molecular complexity index is 539.